The first-order valence-corrected chi connectivity index (χ1v) is 14.7. The first-order chi connectivity index (χ1) is 19.4. The standard InChI is InChI=1S/C33H34N2O4S.Li.H/c1-22-6-3-4-8-27(22)29-20-23(12-16-28(29)32(37)35-30(33(38)39)17-19-40-2)9-13-25-7-5-18-34-31(25)21-24-10-14-26(36)15-11-24;;/h3-8,10-12,14-16,18,20,30,36H,9,13,17,19,21H2,1-2H3,(H,35,37)(H,38,39);;/t30-;;/m0../s1. The van der Waals surface area contributed by atoms with Gasteiger partial charge in [-0.2, -0.15) is 11.8 Å². The van der Waals surface area contributed by atoms with Crippen molar-refractivity contribution in [2.75, 3.05) is 12.0 Å². The number of nitrogens with zero attached hydrogens (tertiary/aromatic N) is 1. The van der Waals surface area contributed by atoms with E-state index in [1.54, 1.807) is 36.2 Å². The minimum absolute atomic E-state index is 0. The summed E-state index contributed by atoms with van der Waals surface area (Å²) in [4.78, 5) is 29.7. The second-order valence-electron chi connectivity index (χ2n) is 9.79. The van der Waals surface area contributed by atoms with Crippen LogP contribution in [0.3, 0.4) is 0 Å². The summed E-state index contributed by atoms with van der Waals surface area (Å²) in [6.45, 7) is 2.01. The first-order valence-electron chi connectivity index (χ1n) is 13.3. The van der Waals surface area contributed by atoms with E-state index < -0.39 is 12.0 Å². The summed E-state index contributed by atoms with van der Waals surface area (Å²) >= 11 is 1.55. The van der Waals surface area contributed by atoms with E-state index in [-0.39, 0.29) is 30.5 Å². The molecule has 8 heteroatoms. The Morgan fingerprint density at radius 2 is 1.66 bits per heavy atom. The van der Waals surface area contributed by atoms with E-state index in [2.05, 4.69) is 16.4 Å². The maximum atomic E-state index is 13.4. The molecule has 0 fully saturated rings. The van der Waals surface area contributed by atoms with Crippen LogP contribution in [-0.4, -0.2) is 64.0 Å². The van der Waals surface area contributed by atoms with Crippen LogP contribution in [0.5, 0.6) is 5.75 Å². The van der Waals surface area contributed by atoms with E-state index in [9.17, 15) is 19.8 Å². The molecule has 1 aromatic heterocycles. The van der Waals surface area contributed by atoms with Gasteiger partial charge in [0.25, 0.3) is 5.91 Å². The number of thioether (sulfide) groups is 1. The van der Waals surface area contributed by atoms with Gasteiger partial charge >= 0.3 is 24.8 Å². The Balaban J connectivity index is 0.00000462. The van der Waals surface area contributed by atoms with E-state index in [0.29, 0.717) is 24.2 Å². The van der Waals surface area contributed by atoms with Gasteiger partial charge in [0, 0.05) is 23.9 Å². The van der Waals surface area contributed by atoms with Crippen LogP contribution in [0.15, 0.2) is 85.1 Å². The fraction of sp³-hybridized carbons (Fsp3) is 0.242. The number of amides is 1. The van der Waals surface area contributed by atoms with Gasteiger partial charge < -0.3 is 15.5 Å². The molecule has 0 aliphatic rings. The number of carbonyl (C=O) groups excluding carboxylic acids is 1. The number of hydrogen-bond acceptors (Lipinski definition) is 5. The van der Waals surface area contributed by atoms with Crippen molar-refractivity contribution in [3.63, 3.8) is 0 Å². The molecular weight excluding hydrogens is 527 g/mol. The average Bonchev–Trinajstić information content (AvgIpc) is 2.96. The Labute approximate surface area is 257 Å². The molecule has 3 aromatic carbocycles. The summed E-state index contributed by atoms with van der Waals surface area (Å²) < 4.78 is 0. The molecule has 6 nitrogen and oxygen atoms in total. The van der Waals surface area contributed by atoms with E-state index in [1.807, 2.05) is 67.8 Å². The third-order valence-corrected chi connectivity index (χ3v) is 7.60. The molecule has 4 rings (SSSR count). The molecule has 41 heavy (non-hydrogen) atoms. The van der Waals surface area contributed by atoms with Gasteiger partial charge in [-0.15, -0.1) is 0 Å². The Morgan fingerprint density at radius 3 is 2.37 bits per heavy atom. The average molecular weight is 563 g/mol. The fourth-order valence-electron chi connectivity index (χ4n) is 4.72. The number of phenolic OH excluding ortho intramolecular Hbond substituents is 1. The molecule has 1 amide bonds. The van der Waals surface area contributed by atoms with Gasteiger partial charge in [-0.05, 0) is 95.8 Å². The van der Waals surface area contributed by atoms with Crippen LogP contribution in [-0.2, 0) is 24.1 Å². The van der Waals surface area contributed by atoms with Gasteiger partial charge in [-0.1, -0.05) is 54.6 Å². The number of aromatic hydroxyl groups is 1. The number of aliphatic carboxylic acids is 1. The molecule has 0 aliphatic heterocycles. The molecule has 0 radical (unpaired) electrons. The van der Waals surface area contributed by atoms with Crippen LogP contribution in [0, 0.1) is 6.92 Å². The summed E-state index contributed by atoms with van der Waals surface area (Å²) in [5.74, 6) is -0.535. The summed E-state index contributed by atoms with van der Waals surface area (Å²) in [5, 5.41) is 22.0. The molecule has 1 atom stereocenters. The van der Waals surface area contributed by atoms with Crippen molar-refractivity contribution in [3.05, 3.63) is 119 Å². The molecule has 4 aromatic rings. The van der Waals surface area contributed by atoms with Crippen LogP contribution < -0.4 is 5.32 Å². The van der Waals surface area contributed by atoms with Crippen LogP contribution in [0.4, 0.5) is 0 Å². The molecule has 0 saturated heterocycles. The van der Waals surface area contributed by atoms with Crippen molar-refractivity contribution >= 4 is 42.5 Å². The van der Waals surface area contributed by atoms with Crippen LogP contribution in [0.2, 0.25) is 0 Å². The topological polar surface area (TPSA) is 99.5 Å². The quantitative estimate of drug-likeness (QED) is 0.199. The Morgan fingerprint density at radius 1 is 0.927 bits per heavy atom. The number of phenols is 1. The number of nitrogens with one attached hydrogen (secondary N) is 1. The number of carboxylic acid groups (broad SMARTS) is 1. The molecule has 0 spiro atoms. The molecular formula is C33H35LiN2O4S. The van der Waals surface area contributed by atoms with Gasteiger partial charge in [0.2, 0.25) is 0 Å². The zero-order valence-electron chi connectivity index (χ0n) is 22.8. The summed E-state index contributed by atoms with van der Waals surface area (Å²) in [5.41, 5.74) is 7.52. The molecule has 1 heterocycles. The Hall–Kier alpha value is -3.50. The predicted molar refractivity (Wildman–Crippen MR) is 168 cm³/mol. The minimum atomic E-state index is -1.03. The first kappa shape index (κ1) is 32.0. The number of rotatable bonds is 12. The van der Waals surface area contributed by atoms with Gasteiger partial charge in [0.15, 0.2) is 0 Å². The van der Waals surface area contributed by atoms with E-state index in [1.165, 1.54) is 0 Å². The third kappa shape index (κ3) is 8.74. The summed E-state index contributed by atoms with van der Waals surface area (Å²) in [6.07, 6.45) is 6.27. The fourth-order valence-corrected chi connectivity index (χ4v) is 5.19. The second kappa shape index (κ2) is 15.5. The van der Waals surface area contributed by atoms with Crippen molar-refractivity contribution in [2.45, 2.75) is 38.6 Å². The molecule has 208 valence electrons. The molecule has 0 unspecified atom stereocenters. The number of aryl methyl sites for hydroxylation is 3. The van der Waals surface area contributed by atoms with Crippen molar-refractivity contribution in [3.8, 4) is 16.9 Å². The SMILES string of the molecule is CSCC[C@H](NC(=O)c1ccc(CCc2cccnc2Cc2ccc(O)cc2)cc1-c1ccccc1C)C(=O)O.[LiH]. The zero-order chi connectivity index (χ0) is 28.5. The van der Waals surface area contributed by atoms with Crippen molar-refractivity contribution in [1.29, 1.82) is 0 Å². The second-order valence-corrected chi connectivity index (χ2v) is 10.8. The van der Waals surface area contributed by atoms with Crippen molar-refractivity contribution < 1.29 is 19.8 Å². The van der Waals surface area contributed by atoms with E-state index >= 15 is 0 Å². The number of carboxylic acids is 1. The molecule has 0 bridgehead atoms. The third-order valence-electron chi connectivity index (χ3n) is 6.95. The van der Waals surface area contributed by atoms with Gasteiger partial charge in [-0.25, -0.2) is 4.79 Å². The normalized spacial score (nSPS) is 11.4. The summed E-state index contributed by atoms with van der Waals surface area (Å²) in [6, 6.07) is 24.0. The molecule has 0 saturated carbocycles. The number of benzene rings is 3. The molecule has 0 aliphatic carbocycles. The number of pyridine rings is 1. The van der Waals surface area contributed by atoms with Crippen LogP contribution in [0.1, 0.15) is 44.7 Å². The Kier molecular flexibility index (Phi) is 12.1. The summed E-state index contributed by atoms with van der Waals surface area (Å²) in [7, 11) is 0. The maximum absolute atomic E-state index is 13.4. The zero-order valence-corrected chi connectivity index (χ0v) is 23.6. The van der Waals surface area contributed by atoms with E-state index in [0.717, 1.165) is 51.9 Å². The van der Waals surface area contributed by atoms with Crippen molar-refractivity contribution in [1.82, 2.24) is 10.3 Å². The van der Waals surface area contributed by atoms with Gasteiger partial charge in [-0.3, -0.25) is 9.78 Å². The predicted octanol–water partition coefficient (Wildman–Crippen LogP) is 5.43. The molecule has 3 N–H and O–H groups in total. The number of aromatic nitrogens is 1. The van der Waals surface area contributed by atoms with Gasteiger partial charge in [0.1, 0.15) is 11.8 Å². The Bertz CT molecular complexity index is 1480. The monoisotopic (exact) mass is 562 g/mol. The van der Waals surface area contributed by atoms with Crippen LogP contribution in [0.25, 0.3) is 11.1 Å². The van der Waals surface area contributed by atoms with Crippen molar-refractivity contribution in [2.24, 2.45) is 0 Å². The van der Waals surface area contributed by atoms with Crippen LogP contribution >= 0.6 is 11.8 Å². The number of carbonyl (C=O) groups is 2. The van der Waals surface area contributed by atoms with Gasteiger partial charge in [0.05, 0.1) is 0 Å². The number of hydrogen-bond donors (Lipinski definition) is 3. The van der Waals surface area contributed by atoms with E-state index in [4.69, 9.17) is 0 Å².